The highest BCUT2D eigenvalue weighted by atomic mass is 35.5. The topological polar surface area (TPSA) is 62.4 Å². The van der Waals surface area contributed by atoms with E-state index in [1.165, 1.54) is 10.4 Å². The third-order valence-electron chi connectivity index (χ3n) is 6.10. The molecule has 2 aromatic rings. The zero-order valence-corrected chi connectivity index (χ0v) is 18.5. The predicted octanol–water partition coefficient (Wildman–Crippen LogP) is 3.98. The van der Waals surface area contributed by atoms with Gasteiger partial charge in [0.25, 0.3) is 5.91 Å². The average Bonchev–Trinajstić information content (AvgIpc) is 3.12. The minimum absolute atomic E-state index is 0.0339. The molecule has 2 aliphatic rings. The first kappa shape index (κ1) is 20.8. The number of hydrogen-bond acceptors (Lipinski definition) is 5. The molecule has 4 rings (SSSR count). The maximum absolute atomic E-state index is 12.1. The SMILES string of the molecule is CNC(=O)c1cccc(C2CC3(CCNOCCc4cc(Cl)sc43)CC(C)N2)c1. The summed E-state index contributed by atoms with van der Waals surface area (Å²) in [7, 11) is 1.67. The van der Waals surface area contributed by atoms with Crippen LogP contribution in [-0.2, 0) is 16.7 Å². The van der Waals surface area contributed by atoms with E-state index in [1.807, 2.05) is 18.2 Å². The quantitative estimate of drug-likeness (QED) is 0.670. The van der Waals surface area contributed by atoms with Gasteiger partial charge in [-0.15, -0.1) is 11.3 Å². The Morgan fingerprint density at radius 3 is 3.03 bits per heavy atom. The molecule has 1 amide bonds. The summed E-state index contributed by atoms with van der Waals surface area (Å²) in [5.41, 5.74) is 6.34. The molecule has 3 heterocycles. The van der Waals surface area contributed by atoms with Gasteiger partial charge < -0.3 is 15.5 Å². The van der Waals surface area contributed by atoms with Crippen molar-refractivity contribution < 1.29 is 9.63 Å². The molecule has 3 unspecified atom stereocenters. The zero-order valence-electron chi connectivity index (χ0n) is 16.9. The highest BCUT2D eigenvalue weighted by Crippen LogP contribution is 2.49. The minimum Gasteiger partial charge on any atom is -0.355 e. The normalized spacial score (nSPS) is 27.6. The number of fused-ring (bicyclic) bond motifs is 2. The molecule has 7 heteroatoms. The van der Waals surface area contributed by atoms with Crippen molar-refractivity contribution in [1.82, 2.24) is 16.1 Å². The Morgan fingerprint density at radius 1 is 1.34 bits per heavy atom. The smallest absolute Gasteiger partial charge is 0.251 e. The van der Waals surface area contributed by atoms with Gasteiger partial charge >= 0.3 is 0 Å². The lowest BCUT2D eigenvalue weighted by molar-refractivity contribution is 0.0387. The summed E-state index contributed by atoms with van der Waals surface area (Å²) in [5.74, 6) is -0.0541. The molecule has 0 saturated carbocycles. The van der Waals surface area contributed by atoms with E-state index in [2.05, 4.69) is 35.2 Å². The van der Waals surface area contributed by atoms with E-state index in [9.17, 15) is 4.79 Å². The van der Waals surface area contributed by atoms with Crippen molar-refractivity contribution in [3.8, 4) is 0 Å². The highest BCUT2D eigenvalue weighted by Gasteiger charge is 2.43. The van der Waals surface area contributed by atoms with Gasteiger partial charge in [-0.1, -0.05) is 23.7 Å². The minimum atomic E-state index is -0.0541. The lowest BCUT2D eigenvalue weighted by atomic mass is 9.68. The van der Waals surface area contributed by atoms with Crippen LogP contribution < -0.4 is 16.1 Å². The van der Waals surface area contributed by atoms with Gasteiger partial charge in [-0.25, -0.2) is 5.48 Å². The molecule has 0 bridgehead atoms. The summed E-state index contributed by atoms with van der Waals surface area (Å²) in [6, 6.07) is 10.6. The van der Waals surface area contributed by atoms with Gasteiger partial charge in [0, 0.05) is 41.5 Å². The summed E-state index contributed by atoms with van der Waals surface area (Å²) in [6.45, 7) is 3.72. The van der Waals surface area contributed by atoms with Crippen molar-refractivity contribution in [2.24, 2.45) is 0 Å². The molecule has 1 saturated heterocycles. The van der Waals surface area contributed by atoms with Crippen LogP contribution in [0, 0.1) is 0 Å². The Bertz CT molecular complexity index is 887. The largest absolute Gasteiger partial charge is 0.355 e. The summed E-state index contributed by atoms with van der Waals surface area (Å²) in [6.07, 6.45) is 3.89. The van der Waals surface area contributed by atoms with E-state index < -0.39 is 0 Å². The molecule has 1 aromatic heterocycles. The van der Waals surface area contributed by atoms with Gasteiger partial charge in [0.2, 0.25) is 0 Å². The molecule has 3 N–H and O–H groups in total. The molecule has 29 heavy (non-hydrogen) atoms. The molecule has 1 aromatic carbocycles. The number of rotatable bonds is 2. The number of hydroxylamine groups is 1. The maximum Gasteiger partial charge on any atom is 0.251 e. The number of amides is 1. The van der Waals surface area contributed by atoms with Gasteiger partial charge in [0.15, 0.2) is 0 Å². The van der Waals surface area contributed by atoms with E-state index in [1.54, 1.807) is 18.4 Å². The number of nitrogens with one attached hydrogen (secondary N) is 3. The van der Waals surface area contributed by atoms with Crippen LogP contribution in [0.2, 0.25) is 4.34 Å². The number of benzene rings is 1. The first-order valence-corrected chi connectivity index (χ1v) is 11.4. The molecule has 5 nitrogen and oxygen atoms in total. The Labute approximate surface area is 181 Å². The molecule has 0 radical (unpaired) electrons. The molecule has 0 aliphatic carbocycles. The van der Waals surface area contributed by atoms with Crippen molar-refractivity contribution in [2.75, 3.05) is 20.2 Å². The molecule has 156 valence electrons. The van der Waals surface area contributed by atoms with Crippen molar-refractivity contribution in [3.05, 3.63) is 56.2 Å². The second kappa shape index (κ2) is 8.74. The van der Waals surface area contributed by atoms with Crippen molar-refractivity contribution in [1.29, 1.82) is 0 Å². The highest BCUT2D eigenvalue weighted by molar-refractivity contribution is 7.16. The Kier molecular flexibility index (Phi) is 6.27. The Morgan fingerprint density at radius 2 is 2.21 bits per heavy atom. The second-order valence-corrected chi connectivity index (χ2v) is 9.84. The number of hydrogen-bond donors (Lipinski definition) is 3. The fourth-order valence-corrected chi connectivity index (χ4v) is 6.44. The third kappa shape index (κ3) is 4.37. The first-order valence-electron chi connectivity index (χ1n) is 10.2. The molecular weight excluding hydrogens is 406 g/mol. The molecule has 3 atom stereocenters. The van der Waals surface area contributed by atoms with E-state index in [-0.39, 0.29) is 17.4 Å². The van der Waals surface area contributed by atoms with Crippen LogP contribution in [0.3, 0.4) is 0 Å². The average molecular weight is 434 g/mol. The van der Waals surface area contributed by atoms with Gasteiger partial charge in [-0.2, -0.15) is 0 Å². The monoisotopic (exact) mass is 433 g/mol. The van der Waals surface area contributed by atoms with E-state index in [4.69, 9.17) is 16.4 Å². The van der Waals surface area contributed by atoms with E-state index in [0.717, 1.165) is 42.1 Å². The van der Waals surface area contributed by atoms with Crippen LogP contribution in [-0.4, -0.2) is 32.1 Å². The van der Waals surface area contributed by atoms with Crippen molar-refractivity contribution in [3.63, 3.8) is 0 Å². The van der Waals surface area contributed by atoms with Crippen LogP contribution in [0.4, 0.5) is 0 Å². The van der Waals surface area contributed by atoms with Crippen LogP contribution in [0.5, 0.6) is 0 Å². The number of carbonyl (C=O) groups is 1. The zero-order chi connectivity index (χ0) is 20.4. The van der Waals surface area contributed by atoms with Crippen LogP contribution >= 0.6 is 22.9 Å². The lowest BCUT2D eigenvalue weighted by Gasteiger charge is -2.45. The molecular formula is C22H28ClN3O2S. The van der Waals surface area contributed by atoms with E-state index in [0.29, 0.717) is 18.2 Å². The van der Waals surface area contributed by atoms with E-state index >= 15 is 0 Å². The van der Waals surface area contributed by atoms with Crippen molar-refractivity contribution >= 4 is 28.8 Å². The van der Waals surface area contributed by atoms with Crippen LogP contribution in [0.15, 0.2) is 30.3 Å². The number of carbonyl (C=O) groups excluding carboxylic acids is 1. The predicted molar refractivity (Wildman–Crippen MR) is 118 cm³/mol. The standard InChI is InChI=1S/C22H28ClN3O2S/c1-14-12-22(7-8-25-28-9-6-16-11-19(23)29-20(16)22)13-18(26-14)15-4-3-5-17(10-15)21(27)24-2/h3-5,10-11,14,18,25-26H,6-9,12-13H2,1-2H3,(H,24,27). The second-order valence-electron chi connectivity index (χ2n) is 8.16. The maximum atomic E-state index is 12.1. The fourth-order valence-electron chi connectivity index (χ4n) is 4.90. The summed E-state index contributed by atoms with van der Waals surface area (Å²) < 4.78 is 0.854. The number of piperidine rings is 1. The number of thiophene rings is 1. The third-order valence-corrected chi connectivity index (χ3v) is 7.65. The Balaban J connectivity index is 1.72. The summed E-state index contributed by atoms with van der Waals surface area (Å²) in [5, 5.41) is 6.49. The molecule has 1 spiro atoms. The number of halogens is 1. The first-order chi connectivity index (χ1) is 14.0. The summed E-state index contributed by atoms with van der Waals surface area (Å²) >= 11 is 8.19. The van der Waals surface area contributed by atoms with Crippen LogP contribution in [0.1, 0.15) is 58.6 Å². The molecule has 2 aliphatic heterocycles. The summed E-state index contributed by atoms with van der Waals surface area (Å²) in [4.78, 5) is 19.1. The lowest BCUT2D eigenvalue weighted by Crippen LogP contribution is -2.47. The van der Waals surface area contributed by atoms with Gasteiger partial charge in [0.1, 0.15) is 0 Å². The van der Waals surface area contributed by atoms with Gasteiger partial charge in [0.05, 0.1) is 10.9 Å². The van der Waals surface area contributed by atoms with Crippen LogP contribution in [0.25, 0.3) is 0 Å². The molecule has 1 fully saturated rings. The Hall–Kier alpha value is -1.44. The van der Waals surface area contributed by atoms with Crippen molar-refractivity contribution in [2.45, 2.75) is 50.1 Å². The van der Waals surface area contributed by atoms with Gasteiger partial charge in [-0.05, 0) is 61.9 Å². The fraction of sp³-hybridized carbons (Fsp3) is 0.500. The van der Waals surface area contributed by atoms with Gasteiger partial charge in [-0.3, -0.25) is 4.79 Å².